The number of ether oxygens (including phenoxy) is 1. The molecule has 0 fully saturated rings. The number of nitro benzene ring substituents is 1. The zero-order valence-electron chi connectivity index (χ0n) is 12.1. The van der Waals surface area contributed by atoms with Crippen LogP contribution in [0.4, 0.5) is 11.4 Å². The lowest BCUT2D eigenvalue weighted by Crippen LogP contribution is -2.33. The Kier molecular flexibility index (Phi) is 6.06. The van der Waals surface area contributed by atoms with Gasteiger partial charge in [-0.1, -0.05) is 0 Å². The fraction of sp³-hybridized carbons (Fsp3) is 0.500. The average molecular weight is 317 g/mol. The molecule has 1 aromatic carbocycles. The first-order valence-electron chi connectivity index (χ1n) is 6.29. The highest BCUT2D eigenvalue weighted by Crippen LogP contribution is 2.27. The molecule has 21 heavy (non-hydrogen) atoms. The van der Waals surface area contributed by atoms with Crippen molar-refractivity contribution in [1.29, 1.82) is 0 Å². The van der Waals surface area contributed by atoms with Crippen molar-refractivity contribution in [2.75, 3.05) is 26.1 Å². The van der Waals surface area contributed by atoms with Gasteiger partial charge < -0.3 is 10.1 Å². The van der Waals surface area contributed by atoms with Crippen molar-refractivity contribution < 1.29 is 18.1 Å². The summed E-state index contributed by atoms with van der Waals surface area (Å²) in [6.45, 7) is 2.06. The molecule has 118 valence electrons. The van der Waals surface area contributed by atoms with Crippen LogP contribution in [0.15, 0.2) is 23.1 Å². The van der Waals surface area contributed by atoms with E-state index in [0.29, 0.717) is 18.7 Å². The predicted octanol–water partition coefficient (Wildman–Crippen LogP) is 1.34. The van der Waals surface area contributed by atoms with Crippen LogP contribution in [0.25, 0.3) is 0 Å². The lowest BCUT2D eigenvalue weighted by molar-refractivity contribution is -0.387. The Balaban J connectivity index is 3.14. The smallest absolute Gasteiger partial charge is 0.289 e. The largest absolute Gasteiger partial charge is 0.388 e. The Morgan fingerprint density at radius 1 is 1.43 bits per heavy atom. The van der Waals surface area contributed by atoms with Gasteiger partial charge in [0.05, 0.1) is 4.92 Å². The molecular weight excluding hydrogens is 298 g/mol. The minimum Gasteiger partial charge on any atom is -0.388 e. The molecule has 0 aromatic heterocycles. The number of nitro groups is 1. The maximum atomic E-state index is 12.3. The minimum absolute atomic E-state index is 0.358. The Bertz CT molecular complexity index is 603. The fourth-order valence-corrected chi connectivity index (χ4v) is 3.19. The second-order valence-corrected chi connectivity index (χ2v) is 6.18. The van der Waals surface area contributed by atoms with E-state index in [1.807, 2.05) is 0 Å². The van der Waals surface area contributed by atoms with Crippen molar-refractivity contribution >= 4 is 21.4 Å². The van der Waals surface area contributed by atoms with Crippen LogP contribution in [0.3, 0.4) is 0 Å². The molecular formula is C12H19N3O5S. The van der Waals surface area contributed by atoms with E-state index in [1.165, 1.54) is 25.3 Å². The highest BCUT2D eigenvalue weighted by Gasteiger charge is 2.27. The first kappa shape index (κ1) is 17.3. The topological polar surface area (TPSA) is 111 Å². The van der Waals surface area contributed by atoms with E-state index in [9.17, 15) is 18.5 Å². The van der Waals surface area contributed by atoms with Crippen LogP contribution in [0, 0.1) is 10.1 Å². The normalized spacial score (nSPS) is 12.9. The number of nitrogens with zero attached hydrogens (tertiary/aromatic N) is 1. The quantitative estimate of drug-likeness (QED) is 0.553. The van der Waals surface area contributed by atoms with E-state index >= 15 is 0 Å². The molecule has 0 bridgehead atoms. The Labute approximate surface area is 123 Å². The van der Waals surface area contributed by atoms with Gasteiger partial charge in [0.2, 0.25) is 10.0 Å². The predicted molar refractivity (Wildman–Crippen MR) is 78.9 cm³/mol. The molecule has 0 aliphatic rings. The van der Waals surface area contributed by atoms with Crippen LogP contribution in [0.1, 0.15) is 13.3 Å². The number of nitrogens with one attached hydrogen (secondary N) is 2. The number of rotatable bonds is 8. The number of hydrogen-bond acceptors (Lipinski definition) is 6. The molecule has 0 saturated carbocycles. The monoisotopic (exact) mass is 317 g/mol. The molecule has 0 saturated heterocycles. The number of benzene rings is 1. The van der Waals surface area contributed by atoms with Crippen molar-refractivity contribution in [3.63, 3.8) is 0 Å². The zero-order chi connectivity index (χ0) is 16.0. The molecule has 0 aliphatic heterocycles. The number of methoxy groups -OCH3 is 1. The van der Waals surface area contributed by atoms with E-state index in [4.69, 9.17) is 4.74 Å². The molecule has 0 amide bonds. The van der Waals surface area contributed by atoms with Crippen LogP contribution < -0.4 is 10.0 Å². The van der Waals surface area contributed by atoms with Gasteiger partial charge in [-0.25, -0.2) is 13.1 Å². The third-order valence-corrected chi connectivity index (χ3v) is 4.46. The van der Waals surface area contributed by atoms with Gasteiger partial charge in [0.15, 0.2) is 4.90 Å². The van der Waals surface area contributed by atoms with E-state index in [1.54, 1.807) is 14.0 Å². The lowest BCUT2D eigenvalue weighted by atomic mass is 10.3. The molecule has 0 aliphatic carbocycles. The molecule has 0 heterocycles. The van der Waals surface area contributed by atoms with Crippen LogP contribution in [0.5, 0.6) is 0 Å². The van der Waals surface area contributed by atoms with Gasteiger partial charge in [-0.2, -0.15) is 0 Å². The van der Waals surface area contributed by atoms with E-state index in [-0.39, 0.29) is 4.90 Å². The van der Waals surface area contributed by atoms with E-state index < -0.39 is 26.7 Å². The third kappa shape index (κ3) is 4.66. The molecule has 9 heteroatoms. The highest BCUT2D eigenvalue weighted by molar-refractivity contribution is 7.89. The molecule has 1 atom stereocenters. The molecule has 1 aromatic rings. The van der Waals surface area contributed by atoms with Gasteiger partial charge >= 0.3 is 0 Å². The Hall–Kier alpha value is -1.71. The summed E-state index contributed by atoms with van der Waals surface area (Å²) in [6, 6.07) is 3.46. The molecule has 2 N–H and O–H groups in total. The Morgan fingerprint density at radius 2 is 2.10 bits per heavy atom. The number of sulfonamides is 1. The summed E-state index contributed by atoms with van der Waals surface area (Å²) < 4.78 is 31.9. The lowest BCUT2D eigenvalue weighted by Gasteiger charge is -2.14. The second-order valence-electron chi connectivity index (χ2n) is 4.49. The fourth-order valence-electron chi connectivity index (χ4n) is 1.72. The van der Waals surface area contributed by atoms with E-state index in [0.717, 1.165) is 0 Å². The second kappa shape index (κ2) is 7.34. The number of anilines is 1. The summed E-state index contributed by atoms with van der Waals surface area (Å²) >= 11 is 0. The summed E-state index contributed by atoms with van der Waals surface area (Å²) in [5.74, 6) is 0. The van der Waals surface area contributed by atoms with Crippen molar-refractivity contribution in [2.24, 2.45) is 0 Å². The maximum Gasteiger partial charge on any atom is 0.289 e. The molecule has 8 nitrogen and oxygen atoms in total. The summed E-state index contributed by atoms with van der Waals surface area (Å²) in [5.41, 5.74) is 0.0194. The van der Waals surface area contributed by atoms with E-state index in [2.05, 4.69) is 10.0 Å². The van der Waals surface area contributed by atoms with Gasteiger partial charge in [0.25, 0.3) is 5.69 Å². The molecule has 0 spiro atoms. The highest BCUT2D eigenvalue weighted by atomic mass is 32.2. The molecule has 0 radical (unpaired) electrons. The first-order chi connectivity index (χ1) is 9.81. The van der Waals surface area contributed by atoms with Crippen LogP contribution in [-0.4, -0.2) is 40.1 Å². The summed E-state index contributed by atoms with van der Waals surface area (Å²) in [6.07, 6.45) is 0.468. The van der Waals surface area contributed by atoms with Crippen LogP contribution in [0.2, 0.25) is 0 Å². The van der Waals surface area contributed by atoms with Crippen molar-refractivity contribution in [3.8, 4) is 0 Å². The van der Waals surface area contributed by atoms with Crippen LogP contribution >= 0.6 is 0 Å². The minimum atomic E-state index is -3.99. The Morgan fingerprint density at radius 3 is 2.62 bits per heavy atom. The zero-order valence-corrected chi connectivity index (χ0v) is 12.9. The first-order valence-corrected chi connectivity index (χ1v) is 7.77. The summed E-state index contributed by atoms with van der Waals surface area (Å²) in [7, 11) is -0.866. The summed E-state index contributed by atoms with van der Waals surface area (Å²) in [5, 5.41) is 13.8. The van der Waals surface area contributed by atoms with Crippen molar-refractivity contribution in [1.82, 2.24) is 4.72 Å². The standard InChI is InChI=1S/C12H19N3O5S/c1-9(6-7-20-3)14-21(18,19)12-8-10(13-2)4-5-11(12)15(16)17/h4-5,8-9,13-14H,6-7H2,1-3H3. The van der Waals surface area contributed by atoms with Gasteiger partial charge in [0, 0.05) is 38.6 Å². The van der Waals surface area contributed by atoms with Crippen molar-refractivity contribution in [3.05, 3.63) is 28.3 Å². The van der Waals surface area contributed by atoms with Gasteiger partial charge in [0.1, 0.15) is 0 Å². The molecule has 1 rings (SSSR count). The maximum absolute atomic E-state index is 12.3. The summed E-state index contributed by atoms with van der Waals surface area (Å²) in [4.78, 5) is 9.93. The molecule has 1 unspecified atom stereocenters. The SMILES string of the molecule is CNc1ccc([N+](=O)[O-])c(S(=O)(=O)NC(C)CCOC)c1. The van der Waals surface area contributed by atoms with Gasteiger partial charge in [-0.3, -0.25) is 10.1 Å². The average Bonchev–Trinajstić information content (AvgIpc) is 2.43. The van der Waals surface area contributed by atoms with Crippen molar-refractivity contribution in [2.45, 2.75) is 24.3 Å². The number of hydrogen-bond donors (Lipinski definition) is 2. The van der Waals surface area contributed by atoms with Gasteiger partial charge in [-0.15, -0.1) is 0 Å². The third-order valence-electron chi connectivity index (χ3n) is 2.85. The van der Waals surface area contributed by atoms with Gasteiger partial charge in [-0.05, 0) is 25.5 Å². The van der Waals surface area contributed by atoms with Crippen LogP contribution in [-0.2, 0) is 14.8 Å².